The fraction of sp³-hybridized carbons (Fsp3) is 0.300. The molecule has 30 heavy (non-hydrogen) atoms. The van der Waals surface area contributed by atoms with Crippen LogP contribution in [0.3, 0.4) is 0 Å². The van der Waals surface area contributed by atoms with Crippen LogP contribution < -0.4 is 25.0 Å². The number of hydrogen-bond donors (Lipinski definition) is 3. The molecule has 0 radical (unpaired) electrons. The molecule has 0 aromatic heterocycles. The summed E-state index contributed by atoms with van der Waals surface area (Å²) in [7, 11) is 4.60. The molecule has 0 aliphatic rings. The van der Waals surface area contributed by atoms with Gasteiger partial charge in [0.25, 0.3) is 11.8 Å². The monoisotopic (exact) mass is 417 g/mol. The van der Waals surface area contributed by atoms with E-state index in [1.807, 2.05) is 0 Å². The summed E-state index contributed by atoms with van der Waals surface area (Å²) in [5, 5.41) is 16.5. The van der Waals surface area contributed by atoms with Crippen molar-refractivity contribution in [3.8, 4) is 11.5 Å². The highest BCUT2D eigenvalue weighted by atomic mass is 16.6. The van der Waals surface area contributed by atoms with Crippen molar-refractivity contribution >= 4 is 28.9 Å². The van der Waals surface area contributed by atoms with Gasteiger partial charge in [0.1, 0.15) is 5.75 Å². The minimum Gasteiger partial charge on any atom is -0.497 e. The number of nitrogens with one attached hydrogen (secondary N) is 3. The normalized spacial score (nSPS) is 11.3. The largest absolute Gasteiger partial charge is 0.497 e. The average Bonchev–Trinajstić information content (AvgIpc) is 2.69. The van der Waals surface area contributed by atoms with Crippen LogP contribution in [0.25, 0.3) is 0 Å². The molecular weight excluding hydrogens is 392 g/mol. The van der Waals surface area contributed by atoms with Crippen LogP contribution in [0.4, 0.5) is 17.1 Å². The third-order valence-electron chi connectivity index (χ3n) is 4.30. The Morgan fingerprint density at radius 2 is 1.63 bits per heavy atom. The number of carbonyl (C=O) groups is 2. The lowest BCUT2D eigenvalue weighted by Gasteiger charge is -2.15. The molecule has 2 rings (SSSR count). The predicted octanol–water partition coefficient (Wildman–Crippen LogP) is 1.01. The van der Waals surface area contributed by atoms with Gasteiger partial charge in [0.15, 0.2) is 18.8 Å². The van der Waals surface area contributed by atoms with Crippen molar-refractivity contribution in [1.29, 1.82) is 0 Å². The van der Waals surface area contributed by atoms with Gasteiger partial charge in [0.2, 0.25) is 0 Å². The number of anilines is 2. The standard InChI is InChI=1S/C20H24N4O6/c1-13-9-17(24(27)28)18(30-4)10-16(13)22-20(26)12-23(2)11-19(25)21-14-5-7-15(29-3)8-6-14/h5-10H,11-12H2,1-4H3,(H,21,25)(H,22,26)/p+1. The molecule has 0 heterocycles. The van der Waals surface area contributed by atoms with Gasteiger partial charge in [-0.1, -0.05) is 0 Å². The van der Waals surface area contributed by atoms with E-state index in [2.05, 4.69) is 10.6 Å². The Morgan fingerprint density at radius 3 is 2.17 bits per heavy atom. The lowest BCUT2D eigenvalue weighted by molar-refractivity contribution is -0.862. The van der Waals surface area contributed by atoms with Gasteiger partial charge in [0.05, 0.1) is 26.2 Å². The number of nitro groups is 1. The molecule has 2 aromatic carbocycles. The maximum absolute atomic E-state index is 12.4. The summed E-state index contributed by atoms with van der Waals surface area (Å²) in [6, 6.07) is 9.68. The number of amides is 2. The molecule has 10 heteroatoms. The first kappa shape index (κ1) is 22.6. The average molecular weight is 417 g/mol. The highest BCUT2D eigenvalue weighted by Gasteiger charge is 2.20. The van der Waals surface area contributed by atoms with E-state index in [0.717, 1.165) is 0 Å². The van der Waals surface area contributed by atoms with Crippen LogP contribution in [0, 0.1) is 17.0 Å². The Bertz CT molecular complexity index is 930. The van der Waals surface area contributed by atoms with E-state index in [4.69, 9.17) is 9.47 Å². The molecule has 2 aromatic rings. The number of carbonyl (C=O) groups excluding carboxylic acids is 2. The summed E-state index contributed by atoms with van der Waals surface area (Å²) in [6.45, 7) is 1.78. The van der Waals surface area contributed by atoms with Gasteiger partial charge in [-0.2, -0.15) is 0 Å². The Hall–Kier alpha value is -3.66. The molecule has 160 valence electrons. The van der Waals surface area contributed by atoms with Gasteiger partial charge in [0, 0.05) is 23.5 Å². The van der Waals surface area contributed by atoms with E-state index in [-0.39, 0.29) is 36.3 Å². The fourth-order valence-electron chi connectivity index (χ4n) is 2.80. The Morgan fingerprint density at radius 1 is 1.03 bits per heavy atom. The second-order valence-corrected chi connectivity index (χ2v) is 6.73. The number of methoxy groups -OCH3 is 2. The van der Waals surface area contributed by atoms with Crippen LogP contribution in [-0.4, -0.2) is 51.1 Å². The summed E-state index contributed by atoms with van der Waals surface area (Å²) >= 11 is 0. The number of hydrogen-bond acceptors (Lipinski definition) is 6. The lowest BCUT2D eigenvalue weighted by Crippen LogP contribution is -3.11. The number of ether oxygens (including phenoxy) is 2. The number of nitro benzene ring substituents is 1. The summed E-state index contributed by atoms with van der Waals surface area (Å²) in [5.74, 6) is 0.174. The molecule has 1 atom stereocenters. The molecule has 0 fully saturated rings. The zero-order valence-electron chi connectivity index (χ0n) is 17.3. The number of rotatable bonds is 9. The van der Waals surface area contributed by atoms with Gasteiger partial charge < -0.3 is 25.0 Å². The molecule has 0 aliphatic heterocycles. The maximum atomic E-state index is 12.4. The van der Waals surface area contributed by atoms with Gasteiger partial charge in [-0.15, -0.1) is 0 Å². The van der Waals surface area contributed by atoms with Crippen molar-refractivity contribution in [3.63, 3.8) is 0 Å². The van der Waals surface area contributed by atoms with Crippen molar-refractivity contribution in [3.05, 3.63) is 52.1 Å². The van der Waals surface area contributed by atoms with E-state index >= 15 is 0 Å². The molecule has 0 bridgehead atoms. The number of aryl methyl sites for hydroxylation is 1. The first-order chi connectivity index (χ1) is 14.2. The molecule has 0 aliphatic carbocycles. The Labute approximate surface area is 173 Å². The smallest absolute Gasteiger partial charge is 0.311 e. The van der Waals surface area contributed by atoms with Crippen molar-refractivity contribution in [2.75, 3.05) is 45.0 Å². The highest BCUT2D eigenvalue weighted by Crippen LogP contribution is 2.32. The zero-order chi connectivity index (χ0) is 22.3. The van der Waals surface area contributed by atoms with E-state index < -0.39 is 4.92 Å². The predicted molar refractivity (Wildman–Crippen MR) is 111 cm³/mol. The van der Waals surface area contributed by atoms with Gasteiger partial charge in [-0.05, 0) is 36.8 Å². The topological polar surface area (TPSA) is 124 Å². The quantitative estimate of drug-likeness (QED) is 0.413. The highest BCUT2D eigenvalue weighted by molar-refractivity contribution is 5.94. The fourth-order valence-corrected chi connectivity index (χ4v) is 2.80. The number of likely N-dealkylation sites (N-methyl/N-ethyl adjacent to an activating group) is 1. The summed E-state index contributed by atoms with van der Waals surface area (Å²) in [6.07, 6.45) is 0. The summed E-state index contributed by atoms with van der Waals surface area (Å²) in [5.41, 5.74) is 1.40. The number of quaternary nitrogens is 1. The van der Waals surface area contributed by atoms with E-state index in [9.17, 15) is 19.7 Å². The second-order valence-electron chi connectivity index (χ2n) is 6.73. The number of nitrogens with zero attached hydrogens (tertiary/aromatic N) is 1. The second kappa shape index (κ2) is 10.2. The van der Waals surface area contributed by atoms with E-state index in [0.29, 0.717) is 27.6 Å². The van der Waals surface area contributed by atoms with Crippen LogP contribution in [0.15, 0.2) is 36.4 Å². The maximum Gasteiger partial charge on any atom is 0.311 e. The van der Waals surface area contributed by atoms with Crippen LogP contribution >= 0.6 is 0 Å². The Kier molecular flexibility index (Phi) is 7.70. The SMILES string of the molecule is COc1ccc(NC(=O)C[NH+](C)CC(=O)Nc2cc(OC)c([N+](=O)[O-])cc2C)cc1. The summed E-state index contributed by atoms with van der Waals surface area (Å²) < 4.78 is 10.1. The Balaban J connectivity index is 1.92. The van der Waals surface area contributed by atoms with E-state index in [1.54, 1.807) is 45.3 Å². The molecule has 0 spiro atoms. The van der Waals surface area contributed by atoms with Crippen molar-refractivity contribution < 1.29 is 28.9 Å². The van der Waals surface area contributed by atoms with Crippen LogP contribution in [0.1, 0.15) is 5.56 Å². The zero-order valence-corrected chi connectivity index (χ0v) is 17.3. The lowest BCUT2D eigenvalue weighted by atomic mass is 10.1. The number of benzene rings is 2. The summed E-state index contributed by atoms with van der Waals surface area (Å²) in [4.78, 5) is 35.7. The van der Waals surface area contributed by atoms with Gasteiger partial charge in [-0.3, -0.25) is 19.7 Å². The van der Waals surface area contributed by atoms with Crippen LogP contribution in [0.2, 0.25) is 0 Å². The van der Waals surface area contributed by atoms with Crippen molar-refractivity contribution in [2.24, 2.45) is 0 Å². The molecule has 0 saturated heterocycles. The molecule has 2 amide bonds. The minimum atomic E-state index is -0.545. The molecular formula is C20H25N4O6+. The van der Waals surface area contributed by atoms with Gasteiger partial charge in [-0.25, -0.2) is 0 Å². The van der Waals surface area contributed by atoms with Crippen molar-refractivity contribution in [1.82, 2.24) is 0 Å². The molecule has 0 saturated carbocycles. The van der Waals surface area contributed by atoms with Crippen LogP contribution in [0.5, 0.6) is 11.5 Å². The molecule has 10 nitrogen and oxygen atoms in total. The minimum absolute atomic E-state index is 0.0365. The first-order valence-corrected chi connectivity index (χ1v) is 9.11. The first-order valence-electron chi connectivity index (χ1n) is 9.11. The molecule has 3 N–H and O–H groups in total. The molecule has 1 unspecified atom stereocenters. The third-order valence-corrected chi connectivity index (χ3v) is 4.30. The van der Waals surface area contributed by atoms with Gasteiger partial charge >= 0.3 is 5.69 Å². The van der Waals surface area contributed by atoms with Crippen LogP contribution in [-0.2, 0) is 9.59 Å². The van der Waals surface area contributed by atoms with E-state index in [1.165, 1.54) is 19.2 Å². The van der Waals surface area contributed by atoms with Crippen molar-refractivity contribution in [2.45, 2.75) is 6.92 Å². The third kappa shape index (κ3) is 6.17.